The summed E-state index contributed by atoms with van der Waals surface area (Å²) in [5.74, 6) is -0.262. The molecule has 5 rings (SSSR count). The Hall–Kier alpha value is -5.69. The number of aromatic nitrogens is 2. The van der Waals surface area contributed by atoms with Crippen molar-refractivity contribution in [3.05, 3.63) is 124 Å². The molecule has 4 aromatic carbocycles. The van der Waals surface area contributed by atoms with Gasteiger partial charge in [-0.1, -0.05) is 54.6 Å². The Balaban J connectivity index is 1.48. The molecule has 13 heteroatoms. The van der Waals surface area contributed by atoms with E-state index in [9.17, 15) is 27.9 Å². The Morgan fingerprint density at radius 2 is 1.61 bits per heavy atom. The summed E-state index contributed by atoms with van der Waals surface area (Å²) >= 11 is 0. The monoisotopic (exact) mass is 604 g/mol. The number of aromatic hydroxyl groups is 1. The number of H-pyrrole nitrogens is 1. The first kappa shape index (κ1) is 29.8. The lowest BCUT2D eigenvalue weighted by Crippen LogP contribution is -2.14. The van der Waals surface area contributed by atoms with Gasteiger partial charge in [-0.05, 0) is 53.6 Å². The van der Waals surface area contributed by atoms with E-state index in [1.807, 2.05) is 30.3 Å². The van der Waals surface area contributed by atoms with Gasteiger partial charge in [0.05, 0.1) is 30.2 Å². The molecule has 0 unspecified atom stereocenters. The van der Waals surface area contributed by atoms with Crippen LogP contribution >= 0.6 is 0 Å². The molecule has 0 saturated heterocycles. The fourth-order valence-corrected chi connectivity index (χ4v) is 4.28. The number of benzene rings is 4. The summed E-state index contributed by atoms with van der Waals surface area (Å²) in [6.07, 6.45) is -6.04. The lowest BCUT2D eigenvalue weighted by Gasteiger charge is -2.08. The van der Waals surface area contributed by atoms with Gasteiger partial charge >= 0.3 is 12.3 Å². The molecule has 0 bridgehead atoms. The van der Waals surface area contributed by atoms with Crippen LogP contribution in [-0.2, 0) is 24.1 Å². The number of para-hydroxylation sites is 1. The number of phenolic OH excluding ortho intramolecular Hbond substituents is 1. The highest BCUT2D eigenvalue weighted by atomic mass is 19.4. The van der Waals surface area contributed by atoms with E-state index in [4.69, 9.17) is 9.84 Å². The second-order valence-corrected chi connectivity index (χ2v) is 9.37. The van der Waals surface area contributed by atoms with Crippen molar-refractivity contribution >= 4 is 17.5 Å². The molecule has 0 saturated carbocycles. The van der Waals surface area contributed by atoms with Crippen molar-refractivity contribution in [2.75, 3.05) is 0 Å². The molecule has 224 valence electrons. The van der Waals surface area contributed by atoms with E-state index in [1.165, 1.54) is 18.2 Å². The van der Waals surface area contributed by atoms with Crippen molar-refractivity contribution in [3.8, 4) is 28.3 Å². The lowest BCUT2D eigenvalue weighted by atomic mass is 10.0. The van der Waals surface area contributed by atoms with Crippen molar-refractivity contribution in [1.29, 1.82) is 0 Å². The van der Waals surface area contributed by atoms with Crippen LogP contribution in [0.1, 0.15) is 16.8 Å². The number of nitrogens with zero attached hydrogens (tertiary/aromatic N) is 3. The van der Waals surface area contributed by atoms with Crippen molar-refractivity contribution in [2.24, 2.45) is 10.2 Å². The Kier molecular flexibility index (Phi) is 8.58. The van der Waals surface area contributed by atoms with Crippen LogP contribution in [0.25, 0.3) is 16.8 Å². The number of carboxylic acid groups (broad SMARTS) is 1. The van der Waals surface area contributed by atoms with Gasteiger partial charge in [0.25, 0.3) is 5.56 Å². The van der Waals surface area contributed by atoms with Gasteiger partial charge in [-0.3, -0.25) is 9.89 Å². The first-order valence-electron chi connectivity index (χ1n) is 13.0. The second-order valence-electron chi connectivity index (χ2n) is 9.37. The predicted molar refractivity (Wildman–Crippen MR) is 153 cm³/mol. The maximum absolute atomic E-state index is 13.4. The van der Waals surface area contributed by atoms with E-state index in [0.717, 1.165) is 34.5 Å². The zero-order chi connectivity index (χ0) is 31.3. The third-order valence-corrected chi connectivity index (χ3v) is 6.37. The highest BCUT2D eigenvalue weighted by Crippen LogP contribution is 2.39. The normalized spacial score (nSPS) is 11.6. The minimum atomic E-state index is -4.55. The first-order valence-corrected chi connectivity index (χ1v) is 13.0. The third kappa shape index (κ3) is 6.85. The van der Waals surface area contributed by atoms with Gasteiger partial charge in [-0.25, -0.2) is 9.48 Å². The number of aromatic amines is 1. The van der Waals surface area contributed by atoms with E-state index in [2.05, 4.69) is 20.1 Å². The quantitative estimate of drug-likeness (QED) is 0.0894. The average molecular weight is 605 g/mol. The minimum absolute atomic E-state index is 0.00936. The van der Waals surface area contributed by atoms with E-state index in [1.54, 1.807) is 24.3 Å². The topological polar surface area (TPSA) is 138 Å². The number of phenols is 1. The average Bonchev–Trinajstić information content (AvgIpc) is 3.31. The molecule has 0 atom stereocenters. The summed E-state index contributed by atoms with van der Waals surface area (Å²) < 4.78 is 50.7. The summed E-state index contributed by atoms with van der Waals surface area (Å²) in [5.41, 5.74) is 0.151. The number of hydrogen-bond acceptors (Lipinski definition) is 7. The molecule has 1 aromatic heterocycles. The van der Waals surface area contributed by atoms with Crippen LogP contribution in [0.3, 0.4) is 0 Å². The summed E-state index contributed by atoms with van der Waals surface area (Å²) in [6.45, 7) is 0.0902. The number of carbonyl (C=O) groups is 1. The highest BCUT2D eigenvalue weighted by molar-refractivity contribution is 5.77. The Labute approximate surface area is 247 Å². The number of azo groups is 1. The Bertz CT molecular complexity index is 1870. The van der Waals surface area contributed by atoms with Crippen LogP contribution in [0.5, 0.6) is 11.5 Å². The Morgan fingerprint density at radius 3 is 2.32 bits per heavy atom. The first-order chi connectivity index (χ1) is 21.1. The Morgan fingerprint density at radius 1 is 0.886 bits per heavy atom. The molecule has 0 aliphatic heterocycles. The van der Waals surface area contributed by atoms with Crippen molar-refractivity contribution in [1.82, 2.24) is 9.78 Å². The van der Waals surface area contributed by atoms with Crippen LogP contribution in [0, 0.1) is 0 Å². The molecule has 3 N–H and O–H groups in total. The van der Waals surface area contributed by atoms with E-state index in [-0.39, 0.29) is 47.5 Å². The zero-order valence-corrected chi connectivity index (χ0v) is 22.7. The van der Waals surface area contributed by atoms with Crippen LogP contribution in [0.4, 0.5) is 29.3 Å². The molecule has 44 heavy (non-hydrogen) atoms. The molecule has 0 spiro atoms. The maximum atomic E-state index is 13.4. The molecule has 5 aromatic rings. The number of ether oxygens (including phenoxy) is 2. The van der Waals surface area contributed by atoms with Gasteiger partial charge in [0.15, 0.2) is 11.4 Å². The van der Waals surface area contributed by atoms with Crippen LogP contribution in [0.2, 0.25) is 0 Å². The highest BCUT2D eigenvalue weighted by Gasteiger charge is 2.30. The molecule has 0 amide bonds. The minimum Gasteiger partial charge on any atom is -0.505 e. The smallest absolute Gasteiger partial charge is 0.505 e. The van der Waals surface area contributed by atoms with E-state index < -0.39 is 23.5 Å². The summed E-state index contributed by atoms with van der Waals surface area (Å²) in [4.78, 5) is 24.3. The molecule has 1 heterocycles. The third-order valence-electron chi connectivity index (χ3n) is 6.37. The summed E-state index contributed by atoms with van der Waals surface area (Å²) in [5, 5.41) is 30.9. The number of hydrogen-bond donors (Lipinski definition) is 3. The summed E-state index contributed by atoms with van der Waals surface area (Å²) in [6, 6.07) is 23.9. The van der Waals surface area contributed by atoms with Crippen molar-refractivity contribution < 1.29 is 37.7 Å². The summed E-state index contributed by atoms with van der Waals surface area (Å²) in [7, 11) is 0. The molecule has 0 radical (unpaired) electrons. The largest absolute Gasteiger partial charge is 0.511 e. The van der Waals surface area contributed by atoms with Gasteiger partial charge in [-0.15, -0.1) is 10.2 Å². The molecular formula is C31H23F3N4O6. The molecule has 0 fully saturated rings. The molecule has 10 nitrogen and oxygen atoms in total. The maximum Gasteiger partial charge on any atom is 0.511 e. The SMILES string of the molecule is O=C(O)Oc1cccc(-c2cccc(N=Nc3c(COCc4ccccc4)[nH]n(-c4ccc(C(F)(F)F)cc4)c3=O)c2O)c1. The van der Waals surface area contributed by atoms with E-state index in [0.29, 0.717) is 11.1 Å². The van der Waals surface area contributed by atoms with Crippen molar-refractivity contribution in [3.63, 3.8) is 0 Å². The number of rotatable bonds is 9. The fraction of sp³-hybridized carbons (Fsp3) is 0.0968. The van der Waals surface area contributed by atoms with Crippen LogP contribution in [-0.4, -0.2) is 26.1 Å². The van der Waals surface area contributed by atoms with E-state index >= 15 is 0 Å². The number of alkyl halides is 3. The van der Waals surface area contributed by atoms with Crippen molar-refractivity contribution in [2.45, 2.75) is 19.4 Å². The lowest BCUT2D eigenvalue weighted by molar-refractivity contribution is -0.137. The van der Waals surface area contributed by atoms with Gasteiger partial charge < -0.3 is 19.7 Å². The van der Waals surface area contributed by atoms with Gasteiger partial charge in [0, 0.05) is 5.56 Å². The number of nitrogens with one attached hydrogen (secondary N) is 1. The molecular weight excluding hydrogens is 581 g/mol. The van der Waals surface area contributed by atoms with Crippen LogP contribution < -0.4 is 10.3 Å². The number of halogens is 3. The molecule has 0 aliphatic rings. The van der Waals surface area contributed by atoms with Gasteiger partial charge in [0.2, 0.25) is 0 Å². The molecule has 0 aliphatic carbocycles. The zero-order valence-electron chi connectivity index (χ0n) is 22.7. The van der Waals surface area contributed by atoms with Gasteiger partial charge in [0.1, 0.15) is 11.4 Å². The standard InChI is InChI=1S/C31H23F3N4O6/c32-31(33,34)21-12-14-22(15-13-21)38-29(40)27(26(37-38)18-43-17-19-6-2-1-3-7-19)36-35-25-11-5-10-24(28(25)39)20-8-4-9-23(16-20)44-30(41)42/h1-16,37,39H,17-18H2,(H,41,42). The van der Waals surface area contributed by atoms with Crippen LogP contribution in [0.15, 0.2) is 112 Å². The fourth-order valence-electron chi connectivity index (χ4n) is 4.28. The van der Waals surface area contributed by atoms with Gasteiger partial charge in [-0.2, -0.15) is 13.2 Å². The predicted octanol–water partition coefficient (Wildman–Crippen LogP) is 7.75. The second kappa shape index (κ2) is 12.7.